The molecule has 6 aromatic rings. The van der Waals surface area contributed by atoms with Crippen LogP contribution in [0.5, 0.6) is 0 Å². The Morgan fingerprint density at radius 3 is 1.12 bits per heavy atom. The van der Waals surface area contributed by atoms with Crippen LogP contribution in [0.4, 0.5) is 0 Å². The van der Waals surface area contributed by atoms with Gasteiger partial charge in [-0.25, -0.2) is 4.79 Å². The molecule has 34 heteroatoms. The number of aromatic amines is 3. The van der Waals surface area contributed by atoms with Crippen molar-refractivity contribution in [2.45, 2.75) is 192 Å². The monoisotopic (exact) mass is 1500 g/mol. The lowest BCUT2D eigenvalue weighted by molar-refractivity contribution is -0.142. The first-order valence-corrected chi connectivity index (χ1v) is 36.7. The summed E-state index contributed by atoms with van der Waals surface area (Å²) in [5.74, 6) is -10.6. The van der Waals surface area contributed by atoms with Gasteiger partial charge in [-0.3, -0.25) is 58.1 Å². The summed E-state index contributed by atoms with van der Waals surface area (Å²) in [7, 11) is 0. The predicted molar refractivity (Wildman–Crippen MR) is 415 cm³/mol. The normalized spacial score (nSPS) is 14.4. The molecule has 0 fully saturated rings. The number of aliphatic imine (C=N–C) groups is 3. The number of rotatable bonds is 46. The highest BCUT2D eigenvalue weighted by Gasteiger charge is 2.38. The Balaban J connectivity index is 1.30. The number of para-hydroxylation sites is 3. The minimum Gasteiger partial charge on any atom is -0.480 e. The molecule has 3 heterocycles. The second kappa shape index (κ2) is 42.8. The summed E-state index contributed by atoms with van der Waals surface area (Å²) in [5.41, 5.74) is 49.5. The zero-order valence-electron chi connectivity index (χ0n) is 62.4. The van der Waals surface area contributed by atoms with E-state index < -0.39 is 131 Å². The van der Waals surface area contributed by atoms with Gasteiger partial charge in [0.15, 0.2) is 17.9 Å². The van der Waals surface area contributed by atoms with Gasteiger partial charge in [0.25, 0.3) is 0 Å². The smallest absolute Gasteiger partial charge is 0.326 e. The van der Waals surface area contributed by atoms with E-state index in [9.17, 15) is 33.9 Å². The van der Waals surface area contributed by atoms with Gasteiger partial charge in [-0.2, -0.15) is 0 Å². The summed E-state index contributed by atoms with van der Waals surface area (Å²) in [6, 6.07) is 8.63. The molecule has 0 radical (unpaired) electrons. The number of carboxylic acid groups (broad SMARTS) is 1. The van der Waals surface area contributed by atoms with Gasteiger partial charge in [-0.05, 0) is 117 Å². The van der Waals surface area contributed by atoms with Crippen LogP contribution in [0.25, 0.3) is 32.7 Å². The molecule has 0 unspecified atom stereocenters. The Morgan fingerprint density at radius 1 is 0.407 bits per heavy atom. The number of hydrogen-bond donors (Lipinski definition) is 21. The average Bonchev–Trinajstić information content (AvgIpc) is 1.67. The number of guanidine groups is 3. The third kappa shape index (κ3) is 26.6. The van der Waals surface area contributed by atoms with E-state index in [2.05, 4.69) is 77.8 Å². The van der Waals surface area contributed by atoms with Gasteiger partial charge in [0.05, 0.1) is 6.04 Å². The number of unbranched alkanes of at least 4 members (excludes halogenated alkanes) is 1. The highest BCUT2D eigenvalue weighted by Crippen LogP contribution is 2.24. The number of aliphatic carboxylic acids is 1. The highest BCUT2D eigenvalue weighted by atomic mass is 16.4. The summed E-state index contributed by atoms with van der Waals surface area (Å²) in [6.07, 6.45) is 6.80. The second-order valence-corrected chi connectivity index (χ2v) is 27.9. The van der Waals surface area contributed by atoms with Gasteiger partial charge in [0.1, 0.15) is 54.4 Å². The number of carbonyl (C=O) groups is 10. The summed E-state index contributed by atoms with van der Waals surface area (Å²) in [4.78, 5) is 167. The Bertz CT molecular complexity index is 4100. The van der Waals surface area contributed by atoms with Crippen molar-refractivity contribution >= 4 is 110 Å². The maximum atomic E-state index is 15.4. The van der Waals surface area contributed by atoms with Crippen molar-refractivity contribution in [2.75, 3.05) is 26.2 Å². The first-order chi connectivity index (χ1) is 51.5. The zero-order chi connectivity index (χ0) is 79.1. The number of fused-ring (bicyclic) bond motifs is 3. The van der Waals surface area contributed by atoms with Crippen LogP contribution in [0.15, 0.2) is 106 Å². The molecule has 588 valence electrons. The number of amides is 9. The van der Waals surface area contributed by atoms with Crippen molar-refractivity contribution in [2.24, 2.45) is 78.6 Å². The zero-order valence-corrected chi connectivity index (χ0v) is 62.4. The number of nitrogens with two attached hydrogens (primary N) is 8. The molecule has 0 saturated heterocycles. The van der Waals surface area contributed by atoms with E-state index >= 15 is 19.2 Å². The molecule has 9 amide bonds. The molecule has 0 aliphatic heterocycles. The Hall–Kier alpha value is -11.3. The lowest BCUT2D eigenvalue weighted by Gasteiger charge is -2.30. The van der Waals surface area contributed by atoms with Crippen molar-refractivity contribution in [3.63, 3.8) is 0 Å². The first-order valence-electron chi connectivity index (χ1n) is 36.7. The van der Waals surface area contributed by atoms with E-state index in [0.717, 1.165) is 27.4 Å². The number of carbonyl (C=O) groups excluding carboxylic acids is 9. The molecule has 108 heavy (non-hydrogen) atoms. The van der Waals surface area contributed by atoms with Gasteiger partial charge in [-0.15, -0.1) is 0 Å². The van der Waals surface area contributed by atoms with Crippen molar-refractivity contribution in [1.82, 2.24) is 62.8 Å². The van der Waals surface area contributed by atoms with E-state index in [0.29, 0.717) is 54.3 Å². The Labute approximate surface area is 627 Å². The third-order valence-electron chi connectivity index (χ3n) is 18.6. The molecule has 0 bridgehead atoms. The van der Waals surface area contributed by atoms with E-state index in [-0.39, 0.29) is 108 Å². The topological polar surface area (TPSA) is 592 Å². The number of nitrogens with one attached hydrogen (secondary N) is 12. The van der Waals surface area contributed by atoms with Crippen LogP contribution in [0.1, 0.15) is 129 Å². The summed E-state index contributed by atoms with van der Waals surface area (Å²) < 4.78 is 0. The molecule has 29 N–H and O–H groups in total. The molecule has 11 atom stereocenters. The van der Waals surface area contributed by atoms with Crippen LogP contribution in [0.2, 0.25) is 0 Å². The maximum absolute atomic E-state index is 15.4. The van der Waals surface area contributed by atoms with Crippen molar-refractivity contribution in [3.8, 4) is 0 Å². The van der Waals surface area contributed by atoms with E-state index in [1.165, 1.54) is 0 Å². The van der Waals surface area contributed by atoms with Crippen LogP contribution in [-0.4, -0.2) is 184 Å². The molecule has 6 rings (SSSR count). The van der Waals surface area contributed by atoms with Crippen LogP contribution in [0.3, 0.4) is 0 Å². The summed E-state index contributed by atoms with van der Waals surface area (Å²) >= 11 is 0. The van der Waals surface area contributed by atoms with Crippen molar-refractivity contribution in [3.05, 3.63) is 108 Å². The lowest BCUT2D eigenvalue weighted by atomic mass is 9.95. The predicted octanol–water partition coefficient (Wildman–Crippen LogP) is -0.0285. The first kappa shape index (κ1) is 85.6. The van der Waals surface area contributed by atoms with Gasteiger partial charge < -0.3 is 114 Å². The minimum atomic E-state index is -1.50. The van der Waals surface area contributed by atoms with Gasteiger partial charge >= 0.3 is 5.97 Å². The molecule has 0 aliphatic carbocycles. The summed E-state index contributed by atoms with van der Waals surface area (Å²) in [6.45, 7) is 11.1. The van der Waals surface area contributed by atoms with Gasteiger partial charge in [-0.1, -0.05) is 109 Å². The standard InChI is InChI=1S/C74H111N23O11/c1-7-42(6)61(70(106)95-58(35-44-38-87-51-24-12-9-20-47(44)51)65(101)90-53(26-16-30-83-72(77)78)63(99)89-54(27-17-31-84-73(79)80)64(100)91-55(71(107)108)28-18-32-85-74(81)82)97-68(104)59(36-45-39-88-52-25-13-10-21-48(45)52)94-69(105)60(41(4)5)96-67(103)56(33-40(2)3)93-66(102)57(92-62(98)49(76)22-14-15-29-75)34-43-37-86-50-23-11-8-19-46(43)50/h8-13,19-21,23-25,37-42,49,53-61,86-88H,7,14-18,22,26-36,75-76H2,1-6H3,(H,89,99)(H,90,101)(H,91,100)(H,92,98)(H,93,102)(H,94,105)(H,95,106)(H,96,103)(H,97,104)(H,107,108)(H4,77,78,83)(H4,79,80,84)(H4,81,82,85)/t42-,49-,53-,54-,55-,56-,57-,58-,59-,60-,61-/m0/s1. The molecular formula is C74H111N23O11. The van der Waals surface area contributed by atoms with E-state index in [4.69, 9.17) is 45.9 Å². The number of H-pyrrole nitrogens is 3. The van der Waals surface area contributed by atoms with Crippen molar-refractivity contribution < 1.29 is 53.1 Å². The number of hydrogen-bond acceptors (Lipinski definition) is 15. The van der Waals surface area contributed by atoms with Crippen LogP contribution in [0, 0.1) is 17.8 Å². The van der Waals surface area contributed by atoms with Gasteiger partial charge in [0, 0.05) is 90.2 Å². The molecule has 3 aromatic carbocycles. The number of aromatic nitrogens is 3. The lowest BCUT2D eigenvalue weighted by Crippen LogP contribution is -2.62. The SMILES string of the molecule is CC[C@H](C)[C@H](NC(=O)[C@H](Cc1c[nH]c2ccccc12)NC(=O)[C@@H](NC(=O)[C@H](CC(C)C)NC(=O)[C@H](Cc1c[nH]c2ccccc12)NC(=O)[C@@H](N)CCCCN)C(C)C)C(=O)N[C@@H](Cc1c[nH]c2ccccc12)C(=O)N[C@@H](CCCN=C(N)N)C(=O)N[C@@H](CCCN=C(N)N)C(=O)N[C@@H](CCCN=C(N)N)C(=O)O. The minimum absolute atomic E-state index is 0.00554. The Kier molecular flexibility index (Phi) is 33.9. The van der Waals surface area contributed by atoms with Gasteiger partial charge in [0.2, 0.25) is 53.2 Å². The molecule has 0 spiro atoms. The van der Waals surface area contributed by atoms with Crippen LogP contribution in [-0.2, 0) is 67.2 Å². The largest absolute Gasteiger partial charge is 0.480 e. The second-order valence-electron chi connectivity index (χ2n) is 27.9. The number of benzene rings is 3. The third-order valence-corrected chi connectivity index (χ3v) is 18.6. The fraction of sp³-hybridized carbons (Fsp3) is 0.500. The molecular weight excluding hydrogens is 1390 g/mol. The molecule has 0 aliphatic rings. The fourth-order valence-corrected chi connectivity index (χ4v) is 12.5. The van der Waals surface area contributed by atoms with E-state index in [1.54, 1.807) is 52.4 Å². The summed E-state index contributed by atoms with van der Waals surface area (Å²) in [5, 5.41) is 37.6. The molecule has 0 saturated carbocycles. The molecule has 34 nitrogen and oxygen atoms in total. The van der Waals surface area contributed by atoms with E-state index in [1.807, 2.05) is 80.6 Å². The van der Waals surface area contributed by atoms with Crippen LogP contribution >= 0.6 is 0 Å². The quantitative estimate of drug-likeness (QED) is 0.0136. The number of nitrogens with zero attached hydrogens (tertiary/aromatic N) is 3. The fourth-order valence-electron chi connectivity index (χ4n) is 12.5. The molecule has 3 aromatic heterocycles. The Morgan fingerprint density at radius 2 is 0.741 bits per heavy atom. The average molecular weight is 1500 g/mol. The van der Waals surface area contributed by atoms with Crippen molar-refractivity contribution in [1.29, 1.82) is 0 Å². The highest BCUT2D eigenvalue weighted by molar-refractivity contribution is 6.00. The maximum Gasteiger partial charge on any atom is 0.326 e. The van der Waals surface area contributed by atoms with Crippen LogP contribution < -0.4 is 93.7 Å². The number of carboxylic acids is 1.